The van der Waals surface area contributed by atoms with Crippen molar-refractivity contribution in [1.29, 1.82) is 0 Å². The Balaban J connectivity index is 1.62. The third-order valence-electron chi connectivity index (χ3n) is 4.06. The lowest BCUT2D eigenvalue weighted by molar-refractivity contribution is -0.122. The molecule has 1 aliphatic carbocycles. The van der Waals surface area contributed by atoms with Crippen LogP contribution in [-0.2, 0) is 17.8 Å². The Labute approximate surface area is 134 Å². The molecule has 7 heteroatoms. The molecule has 1 aliphatic rings. The van der Waals surface area contributed by atoms with Gasteiger partial charge in [-0.3, -0.25) is 4.79 Å². The molecule has 0 radical (unpaired) electrons. The summed E-state index contributed by atoms with van der Waals surface area (Å²) in [5.41, 5.74) is 2.86. The number of rotatable bonds is 7. The second-order valence-corrected chi connectivity index (χ2v) is 6.62. The summed E-state index contributed by atoms with van der Waals surface area (Å²) in [6.45, 7) is 4.80. The lowest BCUT2D eigenvalue weighted by Gasteiger charge is -2.18. The molecule has 1 fully saturated rings. The largest absolute Gasteiger partial charge is 0.346 e. The van der Waals surface area contributed by atoms with Crippen LogP contribution < -0.4 is 5.32 Å². The van der Waals surface area contributed by atoms with E-state index in [1.165, 1.54) is 4.88 Å². The molecule has 1 N–H and O–H groups in total. The molecular weight excluding hydrogens is 298 g/mol. The second kappa shape index (κ2) is 6.56. The van der Waals surface area contributed by atoms with Gasteiger partial charge < -0.3 is 5.32 Å². The van der Waals surface area contributed by atoms with E-state index in [1.807, 2.05) is 24.0 Å². The van der Waals surface area contributed by atoms with Crippen molar-refractivity contribution in [1.82, 2.24) is 25.1 Å². The molecule has 0 spiro atoms. The topological polar surface area (TPSA) is 72.7 Å². The van der Waals surface area contributed by atoms with Crippen molar-refractivity contribution < 1.29 is 4.79 Å². The monoisotopic (exact) mass is 319 g/mol. The Bertz CT molecular complexity index is 646. The number of aryl methyl sites for hydroxylation is 3. The Hall–Kier alpha value is -1.76. The number of aromatic nitrogens is 4. The van der Waals surface area contributed by atoms with Crippen LogP contribution in [-0.4, -0.2) is 25.7 Å². The number of hydrogen-bond acceptors (Lipinski definition) is 5. The molecule has 1 atom stereocenters. The van der Waals surface area contributed by atoms with Crippen molar-refractivity contribution in [3.05, 3.63) is 28.2 Å². The summed E-state index contributed by atoms with van der Waals surface area (Å²) in [6.07, 6.45) is 5.11. The number of nitrogens with one attached hydrogen (secondary N) is 1. The van der Waals surface area contributed by atoms with Gasteiger partial charge in [-0.1, -0.05) is 0 Å². The first-order valence-corrected chi connectivity index (χ1v) is 8.63. The Morgan fingerprint density at radius 2 is 2.32 bits per heavy atom. The zero-order valence-corrected chi connectivity index (χ0v) is 13.8. The minimum atomic E-state index is -0.00231. The van der Waals surface area contributed by atoms with Crippen LogP contribution in [0.4, 0.5) is 0 Å². The van der Waals surface area contributed by atoms with E-state index in [1.54, 1.807) is 17.7 Å². The van der Waals surface area contributed by atoms with E-state index in [0.29, 0.717) is 12.3 Å². The van der Waals surface area contributed by atoms with Gasteiger partial charge in [-0.2, -0.15) is 5.10 Å². The molecule has 0 bridgehead atoms. The van der Waals surface area contributed by atoms with Gasteiger partial charge >= 0.3 is 0 Å². The number of hydrogen-bond donors (Lipinski definition) is 1. The predicted octanol–water partition coefficient (Wildman–Crippen LogP) is 2.26. The lowest BCUT2D eigenvalue weighted by Crippen LogP contribution is -2.32. The maximum absolute atomic E-state index is 12.3. The van der Waals surface area contributed by atoms with Crippen LogP contribution in [0.15, 0.2) is 11.8 Å². The summed E-state index contributed by atoms with van der Waals surface area (Å²) in [5, 5.41) is 7.38. The van der Waals surface area contributed by atoms with Gasteiger partial charge in [0, 0.05) is 17.8 Å². The van der Waals surface area contributed by atoms with Crippen molar-refractivity contribution in [2.24, 2.45) is 5.92 Å². The van der Waals surface area contributed by atoms with Crippen LogP contribution >= 0.6 is 11.3 Å². The molecule has 1 amide bonds. The Morgan fingerprint density at radius 3 is 2.95 bits per heavy atom. The van der Waals surface area contributed by atoms with E-state index >= 15 is 0 Å². The van der Waals surface area contributed by atoms with Crippen LogP contribution in [0.5, 0.6) is 0 Å². The predicted molar refractivity (Wildman–Crippen MR) is 84.5 cm³/mol. The number of thiazole rings is 1. The maximum atomic E-state index is 12.3. The molecule has 2 aromatic heterocycles. The van der Waals surface area contributed by atoms with Gasteiger partial charge in [0.25, 0.3) is 0 Å². The summed E-state index contributed by atoms with van der Waals surface area (Å²) in [7, 11) is 0. The first kappa shape index (κ1) is 15.1. The van der Waals surface area contributed by atoms with Crippen molar-refractivity contribution in [2.75, 3.05) is 0 Å². The fourth-order valence-corrected chi connectivity index (χ4v) is 3.40. The fraction of sp³-hybridized carbons (Fsp3) is 0.600. The third kappa shape index (κ3) is 3.35. The molecular formula is C15H21N5OS. The highest BCUT2D eigenvalue weighted by Gasteiger charge is 2.36. The van der Waals surface area contributed by atoms with Crippen molar-refractivity contribution in [2.45, 2.75) is 52.1 Å². The molecule has 0 aromatic carbocycles. The van der Waals surface area contributed by atoms with Gasteiger partial charge in [-0.15, -0.1) is 11.3 Å². The van der Waals surface area contributed by atoms with E-state index in [0.717, 1.165) is 37.3 Å². The standard InChI is InChI=1S/C15H21N5OS/c1-3-20-15(16-8-18-20)14(11-4-5-11)19-13(21)7-6-12-10(2)17-9-22-12/h8-9,11,14H,3-7H2,1-2H3,(H,19,21). The number of nitrogens with zero attached hydrogens (tertiary/aromatic N) is 4. The highest BCUT2D eigenvalue weighted by Crippen LogP contribution is 2.40. The van der Waals surface area contributed by atoms with E-state index in [4.69, 9.17) is 0 Å². The molecule has 118 valence electrons. The van der Waals surface area contributed by atoms with Gasteiger partial charge in [0.2, 0.25) is 5.91 Å². The fourth-order valence-electron chi connectivity index (χ4n) is 2.62. The number of amides is 1. The lowest BCUT2D eigenvalue weighted by atomic mass is 10.1. The molecule has 2 heterocycles. The number of carbonyl (C=O) groups is 1. The SMILES string of the molecule is CCn1ncnc1C(NC(=O)CCc1scnc1C)C1CC1. The van der Waals surface area contributed by atoms with E-state index in [-0.39, 0.29) is 11.9 Å². The molecule has 0 saturated heterocycles. The summed E-state index contributed by atoms with van der Waals surface area (Å²) < 4.78 is 1.87. The third-order valence-corrected chi connectivity index (χ3v) is 5.05. The van der Waals surface area contributed by atoms with E-state index in [9.17, 15) is 4.79 Å². The normalized spacial score (nSPS) is 15.7. The van der Waals surface area contributed by atoms with Gasteiger partial charge in [0.05, 0.1) is 17.2 Å². The summed E-state index contributed by atoms with van der Waals surface area (Å²) >= 11 is 1.62. The van der Waals surface area contributed by atoms with Gasteiger partial charge in [0.15, 0.2) is 0 Å². The molecule has 6 nitrogen and oxygen atoms in total. The van der Waals surface area contributed by atoms with Crippen LogP contribution in [0.25, 0.3) is 0 Å². The second-order valence-electron chi connectivity index (χ2n) is 5.68. The Morgan fingerprint density at radius 1 is 1.50 bits per heavy atom. The molecule has 1 unspecified atom stereocenters. The quantitative estimate of drug-likeness (QED) is 0.849. The van der Waals surface area contributed by atoms with Crippen molar-refractivity contribution in [3.63, 3.8) is 0 Å². The molecule has 2 aromatic rings. The molecule has 3 rings (SSSR count). The highest BCUT2D eigenvalue weighted by molar-refractivity contribution is 7.09. The molecule has 0 aliphatic heterocycles. The summed E-state index contributed by atoms with van der Waals surface area (Å²) in [6, 6.07) is -0.00231. The van der Waals surface area contributed by atoms with E-state index in [2.05, 4.69) is 20.4 Å². The minimum absolute atomic E-state index is 0.00231. The first-order chi connectivity index (χ1) is 10.7. The number of carbonyl (C=O) groups excluding carboxylic acids is 1. The van der Waals surface area contributed by atoms with Crippen molar-refractivity contribution in [3.8, 4) is 0 Å². The van der Waals surface area contributed by atoms with Crippen LogP contribution in [0.2, 0.25) is 0 Å². The van der Waals surface area contributed by atoms with Crippen LogP contribution in [0.1, 0.15) is 48.6 Å². The average Bonchev–Trinajstić information content (AvgIpc) is 3.10. The van der Waals surface area contributed by atoms with Crippen LogP contribution in [0.3, 0.4) is 0 Å². The highest BCUT2D eigenvalue weighted by atomic mass is 32.1. The Kier molecular flexibility index (Phi) is 4.52. The average molecular weight is 319 g/mol. The van der Waals surface area contributed by atoms with Crippen LogP contribution in [0, 0.1) is 12.8 Å². The van der Waals surface area contributed by atoms with Gasteiger partial charge in [0.1, 0.15) is 12.2 Å². The van der Waals surface area contributed by atoms with Gasteiger partial charge in [-0.25, -0.2) is 14.6 Å². The molecule has 1 saturated carbocycles. The van der Waals surface area contributed by atoms with Crippen molar-refractivity contribution >= 4 is 17.2 Å². The van der Waals surface area contributed by atoms with Gasteiger partial charge in [-0.05, 0) is 39.0 Å². The summed E-state index contributed by atoms with van der Waals surface area (Å²) in [4.78, 5) is 22.1. The zero-order chi connectivity index (χ0) is 15.5. The summed E-state index contributed by atoms with van der Waals surface area (Å²) in [5.74, 6) is 1.46. The minimum Gasteiger partial charge on any atom is -0.346 e. The smallest absolute Gasteiger partial charge is 0.220 e. The van der Waals surface area contributed by atoms with E-state index < -0.39 is 0 Å². The molecule has 22 heavy (non-hydrogen) atoms. The first-order valence-electron chi connectivity index (χ1n) is 7.75. The zero-order valence-electron chi connectivity index (χ0n) is 13.0. The maximum Gasteiger partial charge on any atom is 0.220 e.